The summed E-state index contributed by atoms with van der Waals surface area (Å²) in [6.07, 6.45) is 1.64. The molecule has 1 amide bonds. The summed E-state index contributed by atoms with van der Waals surface area (Å²) < 4.78 is 0. The van der Waals surface area contributed by atoms with Gasteiger partial charge in [-0.3, -0.25) is 4.79 Å². The van der Waals surface area contributed by atoms with Gasteiger partial charge in [0.05, 0.1) is 11.9 Å². The summed E-state index contributed by atoms with van der Waals surface area (Å²) in [4.78, 5) is 16.3. The number of nitrogens with one attached hydrogen (secondary N) is 2. The van der Waals surface area contributed by atoms with Gasteiger partial charge in [0.2, 0.25) is 0 Å². The molecule has 0 aliphatic rings. The Kier molecular flexibility index (Phi) is 3.80. The van der Waals surface area contributed by atoms with Crippen LogP contribution in [0.1, 0.15) is 21.6 Å². The van der Waals surface area contributed by atoms with Crippen LogP contribution in [0.4, 0.5) is 11.4 Å². The van der Waals surface area contributed by atoms with E-state index >= 15 is 0 Å². The van der Waals surface area contributed by atoms with Crippen molar-refractivity contribution in [1.82, 2.24) is 4.98 Å². The molecular weight excluding hydrogens is 238 g/mol. The molecule has 4 heteroatoms. The molecule has 19 heavy (non-hydrogen) atoms. The Hall–Kier alpha value is -2.36. The molecule has 1 aromatic carbocycles. The molecule has 0 saturated heterocycles. The van der Waals surface area contributed by atoms with Crippen LogP contribution in [-0.2, 0) is 0 Å². The molecule has 2 aromatic rings. The first kappa shape index (κ1) is 13.1. The highest BCUT2D eigenvalue weighted by Gasteiger charge is 2.10. The van der Waals surface area contributed by atoms with Gasteiger partial charge in [0, 0.05) is 12.7 Å². The van der Waals surface area contributed by atoms with Crippen molar-refractivity contribution < 1.29 is 4.79 Å². The maximum atomic E-state index is 12.1. The largest absolute Gasteiger partial charge is 0.387 e. The number of rotatable bonds is 3. The third-order valence-corrected chi connectivity index (χ3v) is 3.00. The Labute approximate surface area is 112 Å². The molecule has 0 saturated carbocycles. The van der Waals surface area contributed by atoms with Crippen molar-refractivity contribution in [1.29, 1.82) is 0 Å². The molecule has 0 aliphatic carbocycles. The SMILES string of the molecule is CNc1ccc(C(=O)Nc2c(C)cccc2C)nc1. The monoisotopic (exact) mass is 255 g/mol. The second-order valence-electron chi connectivity index (χ2n) is 4.40. The Morgan fingerprint density at radius 2 is 1.79 bits per heavy atom. The number of anilines is 2. The quantitative estimate of drug-likeness (QED) is 0.886. The van der Waals surface area contributed by atoms with E-state index in [1.807, 2.05) is 45.2 Å². The van der Waals surface area contributed by atoms with E-state index in [2.05, 4.69) is 15.6 Å². The average Bonchev–Trinajstić information content (AvgIpc) is 2.43. The van der Waals surface area contributed by atoms with Crippen LogP contribution in [0.15, 0.2) is 36.5 Å². The van der Waals surface area contributed by atoms with Crippen molar-refractivity contribution in [3.63, 3.8) is 0 Å². The van der Waals surface area contributed by atoms with E-state index in [0.717, 1.165) is 22.5 Å². The summed E-state index contributed by atoms with van der Waals surface area (Å²) in [5.74, 6) is -0.194. The zero-order valence-electron chi connectivity index (χ0n) is 11.3. The topological polar surface area (TPSA) is 54.0 Å². The number of carbonyl (C=O) groups is 1. The van der Waals surface area contributed by atoms with Crippen molar-refractivity contribution in [2.24, 2.45) is 0 Å². The Bertz CT molecular complexity index is 571. The summed E-state index contributed by atoms with van der Waals surface area (Å²) >= 11 is 0. The maximum Gasteiger partial charge on any atom is 0.274 e. The highest BCUT2D eigenvalue weighted by atomic mass is 16.1. The molecule has 0 bridgehead atoms. The number of hydrogen-bond donors (Lipinski definition) is 2. The summed E-state index contributed by atoms with van der Waals surface area (Å²) in [6, 6.07) is 9.45. The summed E-state index contributed by atoms with van der Waals surface area (Å²) in [5, 5.41) is 5.88. The number of nitrogens with zero attached hydrogens (tertiary/aromatic N) is 1. The standard InChI is InChI=1S/C15H17N3O/c1-10-5-4-6-11(2)14(10)18-15(19)13-8-7-12(16-3)9-17-13/h4-9,16H,1-3H3,(H,18,19). The van der Waals surface area contributed by atoms with E-state index in [1.165, 1.54) is 0 Å². The van der Waals surface area contributed by atoms with Crippen LogP contribution >= 0.6 is 0 Å². The van der Waals surface area contributed by atoms with Gasteiger partial charge in [0.1, 0.15) is 5.69 Å². The number of benzene rings is 1. The van der Waals surface area contributed by atoms with E-state index < -0.39 is 0 Å². The smallest absolute Gasteiger partial charge is 0.274 e. The molecule has 1 aromatic heterocycles. The van der Waals surface area contributed by atoms with Gasteiger partial charge >= 0.3 is 0 Å². The van der Waals surface area contributed by atoms with Crippen LogP contribution in [0.2, 0.25) is 0 Å². The number of amides is 1. The summed E-state index contributed by atoms with van der Waals surface area (Å²) in [6.45, 7) is 3.94. The zero-order chi connectivity index (χ0) is 13.8. The van der Waals surface area contributed by atoms with E-state index in [-0.39, 0.29) is 5.91 Å². The Morgan fingerprint density at radius 3 is 2.32 bits per heavy atom. The lowest BCUT2D eigenvalue weighted by Crippen LogP contribution is -2.15. The van der Waals surface area contributed by atoms with Crippen molar-refractivity contribution >= 4 is 17.3 Å². The minimum atomic E-state index is -0.194. The lowest BCUT2D eigenvalue weighted by atomic mass is 10.1. The van der Waals surface area contributed by atoms with Gasteiger partial charge in [-0.1, -0.05) is 18.2 Å². The first-order valence-electron chi connectivity index (χ1n) is 6.13. The first-order valence-corrected chi connectivity index (χ1v) is 6.13. The minimum Gasteiger partial charge on any atom is -0.387 e. The molecule has 0 aliphatic heterocycles. The van der Waals surface area contributed by atoms with Gasteiger partial charge < -0.3 is 10.6 Å². The van der Waals surface area contributed by atoms with Crippen molar-refractivity contribution in [2.45, 2.75) is 13.8 Å². The molecule has 0 unspecified atom stereocenters. The number of aryl methyl sites for hydroxylation is 2. The Morgan fingerprint density at radius 1 is 1.11 bits per heavy atom. The second kappa shape index (κ2) is 5.52. The molecule has 0 radical (unpaired) electrons. The number of aromatic nitrogens is 1. The van der Waals surface area contributed by atoms with Gasteiger partial charge in [-0.2, -0.15) is 0 Å². The summed E-state index contributed by atoms with van der Waals surface area (Å²) in [5.41, 5.74) is 4.22. The van der Waals surface area contributed by atoms with E-state index in [9.17, 15) is 4.79 Å². The molecule has 0 fully saturated rings. The lowest BCUT2D eigenvalue weighted by Gasteiger charge is -2.11. The third-order valence-electron chi connectivity index (χ3n) is 3.00. The van der Waals surface area contributed by atoms with Gasteiger partial charge in [0.25, 0.3) is 5.91 Å². The first-order chi connectivity index (χ1) is 9.11. The van der Waals surface area contributed by atoms with Crippen LogP contribution in [0.3, 0.4) is 0 Å². The van der Waals surface area contributed by atoms with Crippen LogP contribution in [0, 0.1) is 13.8 Å². The molecule has 2 rings (SSSR count). The van der Waals surface area contributed by atoms with Gasteiger partial charge in [-0.15, -0.1) is 0 Å². The molecule has 4 nitrogen and oxygen atoms in total. The maximum absolute atomic E-state index is 12.1. The predicted molar refractivity (Wildman–Crippen MR) is 77.7 cm³/mol. The van der Waals surface area contributed by atoms with Gasteiger partial charge in [0.15, 0.2) is 0 Å². The second-order valence-corrected chi connectivity index (χ2v) is 4.40. The van der Waals surface area contributed by atoms with E-state index in [1.54, 1.807) is 12.3 Å². The lowest BCUT2D eigenvalue weighted by molar-refractivity contribution is 0.102. The number of pyridine rings is 1. The van der Waals surface area contributed by atoms with Gasteiger partial charge in [-0.05, 0) is 37.1 Å². The third kappa shape index (κ3) is 2.91. The van der Waals surface area contributed by atoms with Crippen LogP contribution in [-0.4, -0.2) is 17.9 Å². The number of hydrogen-bond acceptors (Lipinski definition) is 3. The number of carbonyl (C=O) groups excluding carboxylic acids is 1. The molecule has 2 N–H and O–H groups in total. The fraction of sp³-hybridized carbons (Fsp3) is 0.200. The summed E-state index contributed by atoms with van der Waals surface area (Å²) in [7, 11) is 1.81. The minimum absolute atomic E-state index is 0.194. The fourth-order valence-electron chi connectivity index (χ4n) is 1.87. The van der Waals surface area contributed by atoms with Crippen molar-refractivity contribution in [2.75, 3.05) is 17.7 Å². The van der Waals surface area contributed by atoms with Gasteiger partial charge in [-0.25, -0.2) is 4.98 Å². The van der Waals surface area contributed by atoms with Crippen LogP contribution in [0.25, 0.3) is 0 Å². The molecular formula is C15H17N3O. The molecule has 0 spiro atoms. The average molecular weight is 255 g/mol. The van der Waals surface area contributed by atoms with Crippen molar-refractivity contribution in [3.05, 3.63) is 53.3 Å². The fourth-order valence-corrected chi connectivity index (χ4v) is 1.87. The molecule has 0 atom stereocenters. The van der Waals surface area contributed by atoms with E-state index in [4.69, 9.17) is 0 Å². The molecule has 98 valence electrons. The highest BCUT2D eigenvalue weighted by molar-refractivity contribution is 6.03. The van der Waals surface area contributed by atoms with Crippen molar-refractivity contribution in [3.8, 4) is 0 Å². The molecule has 1 heterocycles. The Balaban J connectivity index is 2.20. The highest BCUT2D eigenvalue weighted by Crippen LogP contribution is 2.20. The predicted octanol–water partition coefficient (Wildman–Crippen LogP) is 2.99. The van der Waals surface area contributed by atoms with Crippen LogP contribution in [0.5, 0.6) is 0 Å². The number of para-hydroxylation sites is 1. The zero-order valence-corrected chi connectivity index (χ0v) is 11.3. The van der Waals surface area contributed by atoms with Crippen LogP contribution < -0.4 is 10.6 Å². The normalized spacial score (nSPS) is 10.1. The van der Waals surface area contributed by atoms with E-state index in [0.29, 0.717) is 5.69 Å².